The summed E-state index contributed by atoms with van der Waals surface area (Å²) in [6.45, 7) is 3.68. The van der Waals surface area contributed by atoms with Crippen LogP contribution in [0.1, 0.15) is 20.3 Å². The summed E-state index contributed by atoms with van der Waals surface area (Å²) in [5, 5.41) is 1.89. The summed E-state index contributed by atoms with van der Waals surface area (Å²) in [4.78, 5) is 27.7. The van der Waals surface area contributed by atoms with Crippen LogP contribution in [-0.4, -0.2) is 12.0 Å². The van der Waals surface area contributed by atoms with Crippen molar-refractivity contribution < 1.29 is 14.7 Å². The highest BCUT2D eigenvalue weighted by Gasteiger charge is 2.22. The fourth-order valence-corrected chi connectivity index (χ4v) is 0.594. The maximum absolute atomic E-state index is 10.8. The summed E-state index contributed by atoms with van der Waals surface area (Å²) in [5.41, 5.74) is 5.41. The molecular formula is C6H12N2O4. The van der Waals surface area contributed by atoms with Gasteiger partial charge in [-0.1, -0.05) is 20.3 Å². The van der Waals surface area contributed by atoms with Crippen LogP contribution in [0.5, 0.6) is 0 Å². The van der Waals surface area contributed by atoms with Crippen molar-refractivity contribution in [1.29, 1.82) is 0 Å². The quantitative estimate of drug-likeness (QED) is 0.374. The first-order valence-corrected chi connectivity index (χ1v) is 3.59. The molecule has 0 aliphatic rings. The molecule has 0 spiro atoms. The van der Waals surface area contributed by atoms with Crippen molar-refractivity contribution in [1.82, 2.24) is 0 Å². The third-order valence-corrected chi connectivity index (χ3v) is 1.68. The van der Waals surface area contributed by atoms with E-state index in [0.29, 0.717) is 0 Å². The van der Waals surface area contributed by atoms with Crippen molar-refractivity contribution in [2.24, 2.45) is 17.0 Å². The number of rotatable bonds is 5. The van der Waals surface area contributed by atoms with Crippen LogP contribution in [0.2, 0.25) is 0 Å². The molecule has 6 heteroatoms. The molecule has 0 fully saturated rings. The van der Waals surface area contributed by atoms with Crippen molar-refractivity contribution in [2.75, 3.05) is 0 Å². The first-order chi connectivity index (χ1) is 5.63. The summed E-state index contributed by atoms with van der Waals surface area (Å²) >= 11 is 0. The number of carbonyl (C=O) groups is 1. The lowest BCUT2D eigenvalue weighted by Gasteiger charge is -2.13. The minimum absolute atomic E-state index is 0.0206. The molecule has 2 N–H and O–H groups in total. The second-order valence-electron chi connectivity index (χ2n) is 2.46. The van der Waals surface area contributed by atoms with Crippen LogP contribution < -0.4 is 5.73 Å². The smallest absolute Gasteiger partial charge is 0.318 e. The number of nitrogens with zero attached hydrogens (tertiary/aromatic N) is 1. The molecule has 12 heavy (non-hydrogen) atoms. The Hall–Kier alpha value is -1.17. The molecule has 70 valence electrons. The van der Waals surface area contributed by atoms with E-state index in [1.807, 2.05) is 12.3 Å². The lowest BCUT2D eigenvalue weighted by Crippen LogP contribution is -2.37. The van der Waals surface area contributed by atoms with E-state index in [1.54, 1.807) is 6.92 Å². The van der Waals surface area contributed by atoms with Crippen LogP contribution in [0.15, 0.2) is 5.34 Å². The van der Waals surface area contributed by atoms with Crippen LogP contribution in [0.3, 0.4) is 0 Å². The Balaban J connectivity index is 3.83. The van der Waals surface area contributed by atoms with Crippen LogP contribution in [0.25, 0.3) is 0 Å². The highest BCUT2D eigenvalue weighted by Crippen LogP contribution is 2.06. The van der Waals surface area contributed by atoms with E-state index in [9.17, 15) is 9.70 Å². The molecule has 0 aromatic rings. The molecule has 2 atom stereocenters. The third-order valence-electron chi connectivity index (χ3n) is 1.68. The van der Waals surface area contributed by atoms with Crippen LogP contribution >= 0.6 is 0 Å². The first kappa shape index (κ1) is 10.8. The average molecular weight is 176 g/mol. The third kappa shape index (κ3) is 3.29. The second-order valence-corrected chi connectivity index (χ2v) is 2.46. The van der Waals surface area contributed by atoms with Gasteiger partial charge in [-0.05, 0) is 5.92 Å². The van der Waals surface area contributed by atoms with Crippen molar-refractivity contribution >= 4 is 5.97 Å². The van der Waals surface area contributed by atoms with E-state index < -0.39 is 12.0 Å². The summed E-state index contributed by atoms with van der Waals surface area (Å²) in [6.07, 6.45) is 0.741. The fraction of sp³-hybridized carbons (Fsp3) is 0.833. The fourth-order valence-electron chi connectivity index (χ4n) is 0.594. The SMILES string of the molecule is CCC(C)[C@H](N)C(=O)OON=O. The van der Waals surface area contributed by atoms with Gasteiger partial charge in [0.05, 0.1) is 0 Å². The van der Waals surface area contributed by atoms with Crippen molar-refractivity contribution in [2.45, 2.75) is 26.3 Å². The minimum atomic E-state index is -0.788. The van der Waals surface area contributed by atoms with Gasteiger partial charge in [0.15, 0.2) is 0 Å². The Bertz CT molecular complexity index is 162. The molecule has 0 saturated carbocycles. The van der Waals surface area contributed by atoms with Crippen molar-refractivity contribution in [3.63, 3.8) is 0 Å². The van der Waals surface area contributed by atoms with Gasteiger partial charge < -0.3 is 5.73 Å². The van der Waals surface area contributed by atoms with E-state index >= 15 is 0 Å². The van der Waals surface area contributed by atoms with Crippen LogP contribution in [0.4, 0.5) is 0 Å². The molecular weight excluding hydrogens is 164 g/mol. The van der Waals surface area contributed by atoms with Gasteiger partial charge in [-0.2, -0.15) is 0 Å². The first-order valence-electron chi connectivity index (χ1n) is 3.59. The van der Waals surface area contributed by atoms with E-state index in [4.69, 9.17) is 5.73 Å². The molecule has 0 aliphatic heterocycles. The molecule has 0 aromatic carbocycles. The Morgan fingerprint density at radius 3 is 2.67 bits per heavy atom. The number of hydrogen-bond acceptors (Lipinski definition) is 6. The molecule has 0 aromatic heterocycles. The maximum Gasteiger partial charge on any atom is 0.374 e. The molecule has 0 radical (unpaired) electrons. The van der Waals surface area contributed by atoms with Crippen molar-refractivity contribution in [3.05, 3.63) is 4.91 Å². The Kier molecular flexibility index (Phi) is 4.94. The van der Waals surface area contributed by atoms with Gasteiger partial charge in [-0.15, -0.1) is 9.90 Å². The zero-order valence-corrected chi connectivity index (χ0v) is 7.02. The highest BCUT2D eigenvalue weighted by molar-refractivity contribution is 5.75. The van der Waals surface area contributed by atoms with Gasteiger partial charge in [-0.25, -0.2) is 9.68 Å². The van der Waals surface area contributed by atoms with E-state index in [2.05, 4.69) is 9.88 Å². The lowest BCUT2D eigenvalue weighted by molar-refractivity contribution is -0.276. The van der Waals surface area contributed by atoms with Gasteiger partial charge >= 0.3 is 5.97 Å². The van der Waals surface area contributed by atoms with Gasteiger partial charge in [0.2, 0.25) is 5.34 Å². The predicted molar refractivity (Wildman–Crippen MR) is 40.4 cm³/mol. The highest BCUT2D eigenvalue weighted by atomic mass is 17.3. The van der Waals surface area contributed by atoms with E-state index in [1.165, 1.54) is 0 Å². The number of hydrogen-bond donors (Lipinski definition) is 1. The molecule has 0 aliphatic carbocycles. The summed E-state index contributed by atoms with van der Waals surface area (Å²) in [6, 6.07) is -0.781. The van der Waals surface area contributed by atoms with Crippen molar-refractivity contribution in [3.8, 4) is 0 Å². The van der Waals surface area contributed by atoms with Gasteiger partial charge in [0.25, 0.3) is 0 Å². The molecule has 0 heterocycles. The topological polar surface area (TPSA) is 91.0 Å². The molecule has 0 rings (SSSR count). The molecule has 0 bridgehead atoms. The van der Waals surface area contributed by atoms with Gasteiger partial charge in [0, 0.05) is 0 Å². The summed E-state index contributed by atoms with van der Waals surface area (Å²) in [7, 11) is 0. The maximum atomic E-state index is 10.8. The number of carbonyl (C=O) groups excluding carboxylic acids is 1. The zero-order valence-electron chi connectivity index (χ0n) is 7.02. The van der Waals surface area contributed by atoms with Crippen LogP contribution in [-0.2, 0) is 14.7 Å². The standard InChI is InChI=1S/C6H12N2O4/c1-3-4(2)5(7)6(9)11-12-8-10/h4-5H,3,7H2,1-2H3/t4?,5-/m0/s1. The number of nitrogens with two attached hydrogens (primary N) is 1. The van der Waals surface area contributed by atoms with E-state index in [0.717, 1.165) is 6.42 Å². The lowest BCUT2D eigenvalue weighted by atomic mass is 10.0. The van der Waals surface area contributed by atoms with E-state index in [-0.39, 0.29) is 5.92 Å². The Morgan fingerprint density at radius 1 is 1.67 bits per heavy atom. The average Bonchev–Trinajstić information content (AvgIpc) is 2.11. The molecule has 6 nitrogen and oxygen atoms in total. The predicted octanol–water partition coefficient (Wildman–Crippen LogP) is 0.516. The van der Waals surface area contributed by atoms with Gasteiger partial charge in [0.1, 0.15) is 6.04 Å². The molecule has 0 saturated heterocycles. The van der Waals surface area contributed by atoms with Crippen LogP contribution in [0, 0.1) is 10.8 Å². The minimum Gasteiger partial charge on any atom is -0.318 e. The summed E-state index contributed by atoms with van der Waals surface area (Å²) in [5.74, 6) is -0.809. The zero-order chi connectivity index (χ0) is 9.56. The summed E-state index contributed by atoms with van der Waals surface area (Å²) < 4.78 is 0. The Morgan fingerprint density at radius 2 is 2.25 bits per heavy atom. The normalized spacial score (nSPS) is 14.6. The van der Waals surface area contributed by atoms with Gasteiger partial charge in [-0.3, -0.25) is 0 Å². The Labute approximate surface area is 69.9 Å². The molecule has 0 amide bonds. The monoisotopic (exact) mass is 176 g/mol. The molecule has 1 unspecified atom stereocenters. The second kappa shape index (κ2) is 5.48. The largest absolute Gasteiger partial charge is 0.374 e.